The van der Waals surface area contributed by atoms with Gasteiger partial charge in [-0.15, -0.1) is 0 Å². The summed E-state index contributed by atoms with van der Waals surface area (Å²) in [6.45, 7) is 5.67. The molecule has 0 aromatic carbocycles. The lowest BCUT2D eigenvalue weighted by Gasteiger charge is -2.21. The van der Waals surface area contributed by atoms with Crippen LogP contribution >= 0.6 is 0 Å². The average Bonchev–Trinajstić information content (AvgIpc) is 2.40. The molecule has 0 bridgehead atoms. The van der Waals surface area contributed by atoms with Gasteiger partial charge >= 0.3 is 0 Å². The Bertz CT molecular complexity index is 346. The van der Waals surface area contributed by atoms with E-state index in [9.17, 15) is 14.4 Å². The number of carbonyl (C=O) groups excluding carboxylic acids is 3. The number of nitrogens with one attached hydrogen (secondary N) is 2. The molecular formula is C11H19N3O3. The Balaban J connectivity index is 2.40. The second-order valence-corrected chi connectivity index (χ2v) is 5.23. The van der Waals surface area contributed by atoms with Crippen molar-refractivity contribution < 1.29 is 14.4 Å². The Hall–Kier alpha value is -1.43. The summed E-state index contributed by atoms with van der Waals surface area (Å²) in [6, 6.07) is -0.571. The van der Waals surface area contributed by atoms with Crippen molar-refractivity contribution in [3.8, 4) is 0 Å². The van der Waals surface area contributed by atoms with Gasteiger partial charge in [0.1, 0.15) is 0 Å². The molecule has 0 aliphatic carbocycles. The average molecular weight is 241 g/mol. The van der Waals surface area contributed by atoms with Crippen LogP contribution in [-0.2, 0) is 14.4 Å². The smallest absolute Gasteiger partial charge is 0.246 e. The fourth-order valence-electron chi connectivity index (χ4n) is 1.59. The summed E-state index contributed by atoms with van der Waals surface area (Å²) in [5.41, 5.74) is -0.301. The van der Waals surface area contributed by atoms with Gasteiger partial charge in [0.15, 0.2) is 0 Å². The van der Waals surface area contributed by atoms with Crippen molar-refractivity contribution in [2.45, 2.75) is 38.8 Å². The third kappa shape index (κ3) is 3.81. The van der Waals surface area contributed by atoms with Crippen molar-refractivity contribution in [2.24, 2.45) is 0 Å². The monoisotopic (exact) mass is 241 g/mol. The molecule has 0 aromatic rings. The fourth-order valence-corrected chi connectivity index (χ4v) is 1.59. The molecule has 6 heteroatoms. The highest BCUT2D eigenvalue weighted by Crippen LogP contribution is 2.09. The van der Waals surface area contributed by atoms with Gasteiger partial charge in [0.2, 0.25) is 17.7 Å². The number of amides is 3. The SMILES string of the molecule is CN1C(=O)CC(NCC(=O)NC(C)(C)C)C1=O. The first-order chi connectivity index (χ1) is 7.70. The first-order valence-corrected chi connectivity index (χ1v) is 5.55. The van der Waals surface area contributed by atoms with E-state index in [1.807, 2.05) is 20.8 Å². The predicted molar refractivity (Wildman–Crippen MR) is 62.1 cm³/mol. The molecule has 3 amide bonds. The molecule has 1 aliphatic rings. The molecule has 0 spiro atoms. The maximum Gasteiger partial charge on any atom is 0.246 e. The van der Waals surface area contributed by atoms with Crippen LogP contribution in [0.5, 0.6) is 0 Å². The highest BCUT2D eigenvalue weighted by Gasteiger charge is 2.35. The number of hydrogen-bond donors (Lipinski definition) is 2. The van der Waals surface area contributed by atoms with Gasteiger partial charge in [-0.2, -0.15) is 0 Å². The van der Waals surface area contributed by atoms with Gasteiger partial charge in [0.25, 0.3) is 0 Å². The minimum absolute atomic E-state index is 0.0365. The molecule has 96 valence electrons. The summed E-state index contributed by atoms with van der Waals surface area (Å²) in [7, 11) is 1.45. The molecule has 1 aliphatic heterocycles. The molecule has 1 unspecified atom stereocenters. The number of hydrogen-bond acceptors (Lipinski definition) is 4. The summed E-state index contributed by atoms with van der Waals surface area (Å²) in [4.78, 5) is 35.3. The highest BCUT2D eigenvalue weighted by molar-refractivity contribution is 6.05. The Labute approximate surface area is 101 Å². The van der Waals surface area contributed by atoms with Crippen LogP contribution < -0.4 is 10.6 Å². The minimum Gasteiger partial charge on any atom is -0.350 e. The lowest BCUT2D eigenvalue weighted by molar-refractivity contribution is -0.137. The molecule has 1 rings (SSSR count). The summed E-state index contributed by atoms with van der Waals surface area (Å²) < 4.78 is 0. The molecule has 1 heterocycles. The van der Waals surface area contributed by atoms with Gasteiger partial charge in [0, 0.05) is 12.6 Å². The normalized spacial score (nSPS) is 20.9. The summed E-state index contributed by atoms with van der Waals surface area (Å²) >= 11 is 0. The van der Waals surface area contributed by atoms with E-state index in [0.29, 0.717) is 0 Å². The zero-order valence-corrected chi connectivity index (χ0v) is 10.7. The third-order valence-electron chi connectivity index (χ3n) is 2.40. The first kappa shape index (κ1) is 13.6. The molecule has 1 saturated heterocycles. The zero-order valence-electron chi connectivity index (χ0n) is 10.7. The Morgan fingerprint density at radius 1 is 1.41 bits per heavy atom. The number of likely N-dealkylation sites (N-methyl/N-ethyl adjacent to an activating group) is 1. The van der Waals surface area contributed by atoms with E-state index in [-0.39, 0.29) is 36.2 Å². The van der Waals surface area contributed by atoms with Gasteiger partial charge in [0.05, 0.1) is 19.0 Å². The van der Waals surface area contributed by atoms with E-state index >= 15 is 0 Å². The van der Waals surface area contributed by atoms with Crippen LogP contribution in [0.4, 0.5) is 0 Å². The second-order valence-electron chi connectivity index (χ2n) is 5.23. The number of nitrogens with zero attached hydrogens (tertiary/aromatic N) is 1. The Morgan fingerprint density at radius 2 is 2.00 bits per heavy atom. The molecule has 17 heavy (non-hydrogen) atoms. The number of imide groups is 1. The third-order valence-corrected chi connectivity index (χ3v) is 2.40. The van der Waals surface area contributed by atoms with Crippen molar-refractivity contribution in [1.29, 1.82) is 0 Å². The van der Waals surface area contributed by atoms with E-state index < -0.39 is 6.04 Å². The van der Waals surface area contributed by atoms with E-state index in [0.717, 1.165) is 4.90 Å². The van der Waals surface area contributed by atoms with E-state index in [4.69, 9.17) is 0 Å². The van der Waals surface area contributed by atoms with Crippen LogP contribution in [0, 0.1) is 0 Å². The molecule has 0 saturated carbocycles. The summed E-state index contributed by atoms with van der Waals surface area (Å²) in [5, 5.41) is 5.56. The van der Waals surface area contributed by atoms with E-state index in [1.165, 1.54) is 7.05 Å². The second kappa shape index (κ2) is 4.83. The summed E-state index contributed by atoms with van der Waals surface area (Å²) in [6.07, 6.45) is 0.123. The molecular weight excluding hydrogens is 222 g/mol. The van der Waals surface area contributed by atoms with Gasteiger partial charge in [-0.25, -0.2) is 0 Å². The van der Waals surface area contributed by atoms with Crippen molar-refractivity contribution in [3.05, 3.63) is 0 Å². The molecule has 1 atom stereocenters. The largest absolute Gasteiger partial charge is 0.350 e. The summed E-state index contributed by atoms with van der Waals surface area (Å²) in [5.74, 6) is -0.686. The van der Waals surface area contributed by atoms with Crippen LogP contribution in [0.1, 0.15) is 27.2 Å². The van der Waals surface area contributed by atoms with Crippen LogP contribution in [-0.4, -0.2) is 47.8 Å². The standard InChI is InChI=1S/C11H19N3O3/c1-11(2,3)13-8(15)6-12-7-5-9(16)14(4)10(7)17/h7,12H,5-6H2,1-4H3,(H,13,15). The number of likely N-dealkylation sites (tertiary alicyclic amines) is 1. The van der Waals surface area contributed by atoms with Crippen LogP contribution in [0.3, 0.4) is 0 Å². The maximum absolute atomic E-state index is 11.5. The zero-order chi connectivity index (χ0) is 13.2. The van der Waals surface area contributed by atoms with Crippen LogP contribution in [0.25, 0.3) is 0 Å². The van der Waals surface area contributed by atoms with E-state index in [1.54, 1.807) is 0 Å². The number of rotatable bonds is 3. The molecule has 0 aromatic heterocycles. The van der Waals surface area contributed by atoms with Crippen LogP contribution in [0.2, 0.25) is 0 Å². The first-order valence-electron chi connectivity index (χ1n) is 5.55. The number of carbonyl (C=O) groups is 3. The molecule has 0 radical (unpaired) electrons. The van der Waals surface area contributed by atoms with Crippen molar-refractivity contribution in [3.63, 3.8) is 0 Å². The highest BCUT2D eigenvalue weighted by atomic mass is 16.2. The lowest BCUT2D eigenvalue weighted by atomic mass is 10.1. The lowest BCUT2D eigenvalue weighted by Crippen LogP contribution is -2.48. The van der Waals surface area contributed by atoms with Crippen molar-refractivity contribution in [1.82, 2.24) is 15.5 Å². The van der Waals surface area contributed by atoms with Gasteiger partial charge in [-0.05, 0) is 20.8 Å². The van der Waals surface area contributed by atoms with Crippen molar-refractivity contribution in [2.75, 3.05) is 13.6 Å². The Kier molecular flexibility index (Phi) is 3.87. The van der Waals surface area contributed by atoms with Gasteiger partial charge < -0.3 is 5.32 Å². The molecule has 1 fully saturated rings. The molecule has 2 N–H and O–H groups in total. The molecule has 6 nitrogen and oxygen atoms in total. The minimum atomic E-state index is -0.571. The predicted octanol–water partition coefficient (Wildman–Crippen LogP) is -0.752. The Morgan fingerprint density at radius 3 is 2.41 bits per heavy atom. The van der Waals surface area contributed by atoms with Gasteiger partial charge in [-0.1, -0.05) is 0 Å². The maximum atomic E-state index is 11.5. The fraction of sp³-hybridized carbons (Fsp3) is 0.727. The van der Waals surface area contributed by atoms with Gasteiger partial charge in [-0.3, -0.25) is 24.6 Å². The van der Waals surface area contributed by atoms with Crippen molar-refractivity contribution >= 4 is 17.7 Å². The quantitative estimate of drug-likeness (QED) is 0.637. The van der Waals surface area contributed by atoms with Crippen LogP contribution in [0.15, 0.2) is 0 Å². The van der Waals surface area contributed by atoms with E-state index in [2.05, 4.69) is 10.6 Å². The topological polar surface area (TPSA) is 78.5 Å².